The van der Waals surface area contributed by atoms with Crippen molar-refractivity contribution in [2.24, 2.45) is 0 Å². The summed E-state index contributed by atoms with van der Waals surface area (Å²) in [6.45, 7) is 0. The second-order valence-electron chi connectivity index (χ2n) is 3.83. The number of ketones is 1. The Morgan fingerprint density at radius 2 is 1.81 bits per heavy atom. The van der Waals surface area contributed by atoms with Crippen molar-refractivity contribution in [3.8, 4) is 5.75 Å². The maximum atomic E-state index is 12.0. The predicted octanol–water partition coefficient (Wildman–Crippen LogP) is 2.24. The van der Waals surface area contributed by atoms with Crippen molar-refractivity contribution in [3.05, 3.63) is 47.5 Å². The highest BCUT2D eigenvalue weighted by molar-refractivity contribution is 6.12. The number of aromatic amines is 1. The number of aromatic carboxylic acids is 1. The van der Waals surface area contributed by atoms with E-state index < -0.39 is 29.6 Å². The number of carbonyl (C=O) groups excluding carboxylic acids is 1. The van der Waals surface area contributed by atoms with Crippen LogP contribution in [0.1, 0.15) is 26.5 Å². The van der Waals surface area contributed by atoms with Crippen molar-refractivity contribution in [2.75, 3.05) is 0 Å². The van der Waals surface area contributed by atoms with Crippen molar-refractivity contribution in [1.82, 2.24) is 9.97 Å². The van der Waals surface area contributed by atoms with Gasteiger partial charge in [0.2, 0.25) is 5.78 Å². The zero-order valence-corrected chi connectivity index (χ0v) is 10.1. The van der Waals surface area contributed by atoms with Crippen molar-refractivity contribution >= 4 is 11.8 Å². The van der Waals surface area contributed by atoms with Gasteiger partial charge in [-0.25, -0.2) is 9.78 Å². The Morgan fingerprint density at radius 3 is 2.33 bits per heavy atom. The van der Waals surface area contributed by atoms with E-state index in [1.807, 2.05) is 0 Å². The number of aromatic nitrogens is 2. The number of H-pyrrole nitrogens is 1. The number of alkyl halides is 3. The van der Waals surface area contributed by atoms with E-state index in [4.69, 9.17) is 5.11 Å². The number of rotatable bonds is 4. The Labute approximate surface area is 115 Å². The molecule has 2 N–H and O–H groups in total. The van der Waals surface area contributed by atoms with Crippen LogP contribution in [-0.2, 0) is 0 Å². The van der Waals surface area contributed by atoms with Gasteiger partial charge in [0, 0.05) is 5.56 Å². The minimum Gasteiger partial charge on any atom is -0.477 e. The molecular formula is C12H7F3N2O4. The van der Waals surface area contributed by atoms with Crippen LogP contribution in [0.4, 0.5) is 13.2 Å². The van der Waals surface area contributed by atoms with Crippen LogP contribution in [0.2, 0.25) is 0 Å². The van der Waals surface area contributed by atoms with E-state index in [1.165, 1.54) is 0 Å². The third-order valence-corrected chi connectivity index (χ3v) is 2.42. The molecule has 0 spiro atoms. The van der Waals surface area contributed by atoms with Crippen molar-refractivity contribution in [3.63, 3.8) is 0 Å². The summed E-state index contributed by atoms with van der Waals surface area (Å²) < 4.78 is 39.7. The molecule has 0 aliphatic rings. The van der Waals surface area contributed by atoms with Crippen molar-refractivity contribution in [1.29, 1.82) is 0 Å². The second kappa shape index (κ2) is 5.27. The molecular weight excluding hydrogens is 293 g/mol. The van der Waals surface area contributed by atoms with Gasteiger partial charge in [-0.05, 0) is 24.3 Å². The zero-order chi connectivity index (χ0) is 15.6. The first kappa shape index (κ1) is 14.6. The molecule has 110 valence electrons. The number of benzene rings is 1. The smallest absolute Gasteiger partial charge is 0.477 e. The summed E-state index contributed by atoms with van der Waals surface area (Å²) in [5.41, 5.74) is -0.735. The molecule has 1 heterocycles. The van der Waals surface area contributed by atoms with E-state index >= 15 is 0 Å². The Kier molecular flexibility index (Phi) is 3.66. The Hall–Kier alpha value is -2.84. The SMILES string of the molecule is O=C(c1ccc(OC(F)(F)F)cc1)c1nc[nH]c1C(=O)O. The van der Waals surface area contributed by atoms with Crippen LogP contribution in [0.25, 0.3) is 0 Å². The molecule has 0 aliphatic carbocycles. The first-order valence-corrected chi connectivity index (χ1v) is 5.45. The summed E-state index contributed by atoms with van der Waals surface area (Å²) in [6, 6.07) is 4.08. The fourth-order valence-electron chi connectivity index (χ4n) is 1.57. The number of imidazole rings is 1. The fraction of sp³-hybridized carbons (Fsp3) is 0.0833. The molecule has 0 saturated carbocycles. The Bertz CT molecular complexity index is 677. The number of nitrogens with zero attached hydrogens (tertiary/aromatic N) is 1. The number of carbonyl (C=O) groups is 2. The maximum absolute atomic E-state index is 12.0. The molecule has 9 heteroatoms. The molecule has 2 rings (SSSR count). The van der Waals surface area contributed by atoms with Gasteiger partial charge >= 0.3 is 12.3 Å². The summed E-state index contributed by atoms with van der Waals surface area (Å²) >= 11 is 0. The number of halogens is 3. The van der Waals surface area contributed by atoms with Crippen molar-refractivity contribution in [2.45, 2.75) is 6.36 Å². The highest BCUT2D eigenvalue weighted by atomic mass is 19.4. The van der Waals surface area contributed by atoms with Crippen LogP contribution < -0.4 is 4.74 Å². The van der Waals surface area contributed by atoms with Crippen LogP contribution in [0.3, 0.4) is 0 Å². The van der Waals surface area contributed by atoms with E-state index in [1.54, 1.807) is 0 Å². The quantitative estimate of drug-likeness (QED) is 0.845. The molecule has 0 radical (unpaired) electrons. The lowest BCUT2D eigenvalue weighted by molar-refractivity contribution is -0.274. The summed E-state index contributed by atoms with van der Waals surface area (Å²) in [6.07, 6.45) is -3.79. The second-order valence-corrected chi connectivity index (χ2v) is 3.83. The van der Waals surface area contributed by atoms with Gasteiger partial charge in [0.1, 0.15) is 11.4 Å². The van der Waals surface area contributed by atoms with E-state index in [0.717, 1.165) is 30.6 Å². The van der Waals surface area contributed by atoms with Crippen LogP contribution in [-0.4, -0.2) is 33.2 Å². The van der Waals surface area contributed by atoms with Gasteiger partial charge in [0.05, 0.1) is 6.33 Å². The minimum absolute atomic E-state index is 0.0147. The van der Waals surface area contributed by atoms with Crippen LogP contribution >= 0.6 is 0 Å². The molecule has 0 aliphatic heterocycles. The molecule has 0 amide bonds. The number of carboxylic acid groups (broad SMARTS) is 1. The van der Waals surface area contributed by atoms with Gasteiger partial charge in [-0.1, -0.05) is 0 Å². The third-order valence-electron chi connectivity index (χ3n) is 2.42. The van der Waals surface area contributed by atoms with Crippen LogP contribution in [0.15, 0.2) is 30.6 Å². The molecule has 2 aromatic rings. The monoisotopic (exact) mass is 300 g/mol. The highest BCUT2D eigenvalue weighted by Crippen LogP contribution is 2.23. The Morgan fingerprint density at radius 1 is 1.19 bits per heavy atom. The molecule has 1 aromatic carbocycles. The summed E-state index contributed by atoms with van der Waals surface area (Å²) in [5, 5.41) is 8.85. The normalized spacial score (nSPS) is 11.2. The minimum atomic E-state index is -4.83. The van der Waals surface area contributed by atoms with Gasteiger partial charge in [-0.2, -0.15) is 0 Å². The van der Waals surface area contributed by atoms with Crippen LogP contribution in [0, 0.1) is 0 Å². The third kappa shape index (κ3) is 3.38. The number of hydrogen-bond acceptors (Lipinski definition) is 4. The topological polar surface area (TPSA) is 92.3 Å². The molecule has 0 saturated heterocycles. The van der Waals surface area contributed by atoms with E-state index in [9.17, 15) is 22.8 Å². The molecule has 0 atom stereocenters. The van der Waals surface area contributed by atoms with Crippen molar-refractivity contribution < 1.29 is 32.6 Å². The summed E-state index contributed by atoms with van der Waals surface area (Å²) in [4.78, 5) is 28.8. The molecule has 0 unspecified atom stereocenters. The van der Waals surface area contributed by atoms with E-state index in [0.29, 0.717) is 0 Å². The summed E-state index contributed by atoms with van der Waals surface area (Å²) in [5.74, 6) is -2.58. The van der Waals surface area contributed by atoms with E-state index in [-0.39, 0.29) is 11.3 Å². The predicted molar refractivity (Wildman–Crippen MR) is 62.1 cm³/mol. The lowest BCUT2D eigenvalue weighted by Gasteiger charge is -2.08. The first-order valence-electron chi connectivity index (χ1n) is 5.45. The lowest BCUT2D eigenvalue weighted by atomic mass is 10.1. The number of hydrogen-bond donors (Lipinski definition) is 2. The highest BCUT2D eigenvalue weighted by Gasteiger charge is 2.31. The molecule has 0 fully saturated rings. The van der Waals surface area contributed by atoms with Gasteiger partial charge < -0.3 is 14.8 Å². The Balaban J connectivity index is 2.24. The summed E-state index contributed by atoms with van der Waals surface area (Å²) in [7, 11) is 0. The lowest BCUT2D eigenvalue weighted by Crippen LogP contribution is -2.17. The molecule has 21 heavy (non-hydrogen) atoms. The molecule has 6 nitrogen and oxygen atoms in total. The average molecular weight is 300 g/mol. The number of carboxylic acids is 1. The van der Waals surface area contributed by atoms with Gasteiger partial charge in [-0.15, -0.1) is 13.2 Å². The molecule has 0 bridgehead atoms. The van der Waals surface area contributed by atoms with Gasteiger partial charge in [0.25, 0.3) is 0 Å². The number of ether oxygens (including phenoxy) is 1. The maximum Gasteiger partial charge on any atom is 0.573 e. The molecule has 1 aromatic heterocycles. The average Bonchev–Trinajstić information content (AvgIpc) is 2.86. The number of nitrogens with one attached hydrogen (secondary N) is 1. The van der Waals surface area contributed by atoms with Crippen LogP contribution in [0.5, 0.6) is 5.75 Å². The largest absolute Gasteiger partial charge is 0.573 e. The van der Waals surface area contributed by atoms with Gasteiger partial charge in [-0.3, -0.25) is 4.79 Å². The first-order chi connectivity index (χ1) is 9.78. The zero-order valence-electron chi connectivity index (χ0n) is 10.1. The van der Waals surface area contributed by atoms with E-state index in [2.05, 4.69) is 14.7 Å². The van der Waals surface area contributed by atoms with Gasteiger partial charge in [0.15, 0.2) is 5.69 Å². The fourth-order valence-corrected chi connectivity index (χ4v) is 1.57. The standard InChI is InChI=1S/C12H7F3N2O4/c13-12(14,15)21-7-3-1-6(2-4-7)10(18)8-9(11(19)20)17-5-16-8/h1-5H,(H,16,17)(H,19,20).